The molecule has 2 N–H and O–H groups in total. The first kappa shape index (κ1) is 45.3. The van der Waals surface area contributed by atoms with Gasteiger partial charge in [0.1, 0.15) is 22.9 Å². The van der Waals surface area contributed by atoms with Gasteiger partial charge in [-0.15, -0.1) is 0 Å². The Morgan fingerprint density at radius 3 is 1.79 bits per heavy atom. The van der Waals surface area contributed by atoms with Crippen molar-refractivity contribution < 1.29 is 58.6 Å². The van der Waals surface area contributed by atoms with E-state index in [-0.39, 0.29) is 85.1 Å². The molecule has 2 aromatic heterocycles. The van der Waals surface area contributed by atoms with Gasteiger partial charge >= 0.3 is 12.4 Å². The summed E-state index contributed by atoms with van der Waals surface area (Å²) in [5.74, 6) is -2.08. The summed E-state index contributed by atoms with van der Waals surface area (Å²) < 4.78 is 124. The third kappa shape index (κ3) is 11.1. The van der Waals surface area contributed by atoms with Crippen LogP contribution in [0.2, 0.25) is 0 Å². The van der Waals surface area contributed by atoms with Gasteiger partial charge in [0.25, 0.3) is 11.8 Å². The maximum atomic E-state index is 13.8. The number of ether oxygens (including phenoxy) is 3. The molecule has 3 aliphatic heterocycles. The second-order valence-electron chi connectivity index (χ2n) is 16.1. The van der Waals surface area contributed by atoms with Crippen LogP contribution in [0, 0.1) is 18.8 Å². The molecule has 0 saturated carbocycles. The molecule has 7 rings (SSSR count). The molecule has 3 saturated heterocycles. The fourth-order valence-corrected chi connectivity index (χ4v) is 8.05. The topological polar surface area (TPSA) is 178 Å². The van der Waals surface area contributed by atoms with E-state index in [2.05, 4.69) is 25.3 Å². The zero-order chi connectivity index (χ0) is 45.3. The largest absolute Gasteiger partial charge is 0.493 e. The summed E-state index contributed by atoms with van der Waals surface area (Å²) in [5, 5.41) is 2.99. The van der Waals surface area contributed by atoms with Gasteiger partial charge in [0, 0.05) is 55.8 Å². The molecular formula is C41H44F6N8O7S. The van der Waals surface area contributed by atoms with Crippen molar-refractivity contribution in [2.24, 2.45) is 11.8 Å². The molecule has 63 heavy (non-hydrogen) atoms. The second-order valence-corrected chi connectivity index (χ2v) is 17.9. The summed E-state index contributed by atoms with van der Waals surface area (Å²) in [4.78, 5) is 48.4. The SMILES string of the molecule is Cc1cc(C(=O)NC2(C)COC2Cc2cc(C(=O)NS(C)(=O)=O)nc(N3CCC(COc4ccccc4C(F)(F)F)C3)n2)nc(N2CCC(COc3ccccc3C(F)(F)F)C2)n1. The Balaban J connectivity index is 1.01. The number of hydrogen-bond donors (Lipinski definition) is 2. The monoisotopic (exact) mass is 906 g/mol. The highest BCUT2D eigenvalue weighted by Gasteiger charge is 2.46. The number of carbonyl (C=O) groups is 2. The minimum Gasteiger partial charge on any atom is -0.493 e. The highest BCUT2D eigenvalue weighted by Crippen LogP contribution is 2.38. The number of hydrogen-bond acceptors (Lipinski definition) is 13. The lowest BCUT2D eigenvalue weighted by atomic mass is 9.86. The number of benzene rings is 2. The number of para-hydroxylation sites is 2. The number of halogens is 6. The van der Waals surface area contributed by atoms with Crippen LogP contribution in [0.25, 0.3) is 0 Å². The molecule has 15 nitrogen and oxygen atoms in total. The van der Waals surface area contributed by atoms with Gasteiger partial charge in [0.15, 0.2) is 0 Å². The molecule has 4 aromatic rings. The number of sulfonamides is 1. The third-order valence-electron chi connectivity index (χ3n) is 10.9. The molecule has 0 aliphatic carbocycles. The summed E-state index contributed by atoms with van der Waals surface area (Å²) in [5.41, 5.74) is -2.09. The fourth-order valence-electron chi connectivity index (χ4n) is 7.61. The maximum absolute atomic E-state index is 13.8. The minimum absolute atomic E-state index is 0.0384. The van der Waals surface area contributed by atoms with E-state index in [1.807, 2.05) is 9.62 Å². The highest BCUT2D eigenvalue weighted by molar-refractivity contribution is 7.89. The summed E-state index contributed by atoms with van der Waals surface area (Å²) in [6.45, 7) is 5.08. The normalized spacial score (nSPS) is 21.5. The first-order chi connectivity index (χ1) is 29.6. The number of amides is 2. The van der Waals surface area contributed by atoms with Crippen molar-refractivity contribution in [1.82, 2.24) is 30.0 Å². The lowest BCUT2D eigenvalue weighted by Gasteiger charge is -2.47. The number of aromatic nitrogens is 4. The summed E-state index contributed by atoms with van der Waals surface area (Å²) in [6, 6.07) is 12.8. The molecule has 0 spiro atoms. The van der Waals surface area contributed by atoms with Gasteiger partial charge in [-0.1, -0.05) is 24.3 Å². The standard InChI is InChI=1S/C41H44F6N8O7S/c1-24-16-30(50-37(48-24)54-14-12-25(19-54)21-60-32-10-6-4-8-28(32)40(42,43)44)35(56)52-39(2)23-62-34(39)18-27-17-31(36(57)53-63(3,58)59)51-38(49-27)55-15-13-26(20-55)22-61-33-11-7-5-9-29(33)41(45,46)47/h4-11,16-17,25-26,34H,12-15,18-23H2,1-3H3,(H,52,56)(H,53,57). The first-order valence-corrected chi connectivity index (χ1v) is 21.8. The zero-order valence-corrected chi connectivity index (χ0v) is 35.1. The van der Waals surface area contributed by atoms with Crippen molar-refractivity contribution in [1.29, 1.82) is 0 Å². The lowest BCUT2D eigenvalue weighted by Crippen LogP contribution is -2.67. The van der Waals surface area contributed by atoms with Crippen LogP contribution >= 0.6 is 0 Å². The van der Waals surface area contributed by atoms with Crippen LogP contribution in [-0.4, -0.2) is 104 Å². The average molecular weight is 907 g/mol. The van der Waals surface area contributed by atoms with Crippen molar-refractivity contribution in [2.45, 2.75) is 57.1 Å². The van der Waals surface area contributed by atoms with E-state index in [9.17, 15) is 44.3 Å². The van der Waals surface area contributed by atoms with Gasteiger partial charge < -0.3 is 29.3 Å². The molecule has 0 bridgehead atoms. The Hall–Kier alpha value is -5.77. The van der Waals surface area contributed by atoms with E-state index in [0.29, 0.717) is 38.2 Å². The molecule has 5 heterocycles. The molecule has 0 radical (unpaired) electrons. The van der Waals surface area contributed by atoms with Gasteiger partial charge in [-0.05, 0) is 63.1 Å². The number of alkyl halides is 6. The van der Waals surface area contributed by atoms with Gasteiger partial charge in [-0.25, -0.2) is 33.1 Å². The summed E-state index contributed by atoms with van der Waals surface area (Å²) in [7, 11) is -3.98. The molecule has 2 aromatic carbocycles. The molecule has 4 unspecified atom stereocenters. The summed E-state index contributed by atoms with van der Waals surface area (Å²) >= 11 is 0. The zero-order valence-electron chi connectivity index (χ0n) is 34.3. The van der Waals surface area contributed by atoms with Gasteiger partial charge in [-0.2, -0.15) is 26.3 Å². The van der Waals surface area contributed by atoms with E-state index in [1.165, 1.54) is 48.5 Å². The molecular weight excluding hydrogens is 863 g/mol. The Bertz CT molecular complexity index is 2460. The highest BCUT2D eigenvalue weighted by atomic mass is 32.2. The van der Waals surface area contributed by atoms with Crippen LogP contribution < -0.4 is 29.3 Å². The molecule has 22 heteroatoms. The Labute approximate surface area is 358 Å². The predicted molar refractivity (Wildman–Crippen MR) is 215 cm³/mol. The molecule has 4 atom stereocenters. The van der Waals surface area contributed by atoms with E-state index in [0.717, 1.165) is 18.4 Å². The molecule has 3 fully saturated rings. The van der Waals surface area contributed by atoms with E-state index >= 15 is 0 Å². The molecule has 2 amide bonds. The number of nitrogens with zero attached hydrogens (tertiary/aromatic N) is 6. The summed E-state index contributed by atoms with van der Waals surface area (Å²) in [6.07, 6.45) is -7.87. The first-order valence-electron chi connectivity index (χ1n) is 19.9. The average Bonchev–Trinajstić information content (AvgIpc) is 3.90. The van der Waals surface area contributed by atoms with E-state index < -0.39 is 57.0 Å². The minimum atomic E-state index is -4.60. The van der Waals surface area contributed by atoms with Crippen molar-refractivity contribution >= 4 is 33.7 Å². The lowest BCUT2D eigenvalue weighted by molar-refractivity contribution is -0.139. The predicted octanol–water partition coefficient (Wildman–Crippen LogP) is 5.24. The van der Waals surface area contributed by atoms with Gasteiger partial charge in [0.2, 0.25) is 21.9 Å². The van der Waals surface area contributed by atoms with Crippen molar-refractivity contribution in [2.75, 3.05) is 62.1 Å². The number of nitrogens with one attached hydrogen (secondary N) is 2. The Kier molecular flexibility index (Phi) is 12.8. The van der Waals surface area contributed by atoms with Crippen LogP contribution in [0.5, 0.6) is 11.5 Å². The molecule has 3 aliphatic rings. The van der Waals surface area contributed by atoms with Crippen LogP contribution in [0.3, 0.4) is 0 Å². The number of carbonyl (C=O) groups excluding carboxylic acids is 2. The smallest absolute Gasteiger partial charge is 0.419 e. The van der Waals surface area contributed by atoms with Crippen molar-refractivity contribution in [3.8, 4) is 11.5 Å². The Morgan fingerprint density at radius 2 is 1.30 bits per heavy atom. The van der Waals surface area contributed by atoms with Crippen LogP contribution in [-0.2, 0) is 33.5 Å². The molecule has 338 valence electrons. The van der Waals surface area contributed by atoms with Crippen molar-refractivity contribution in [3.63, 3.8) is 0 Å². The van der Waals surface area contributed by atoms with Gasteiger partial charge in [0.05, 0.1) is 48.8 Å². The third-order valence-corrected chi connectivity index (χ3v) is 11.5. The van der Waals surface area contributed by atoms with Crippen molar-refractivity contribution in [3.05, 3.63) is 94.6 Å². The van der Waals surface area contributed by atoms with E-state index in [4.69, 9.17) is 14.2 Å². The van der Waals surface area contributed by atoms with E-state index in [1.54, 1.807) is 18.7 Å². The Morgan fingerprint density at radius 1 is 0.794 bits per heavy atom. The van der Waals surface area contributed by atoms with Crippen LogP contribution in [0.4, 0.5) is 38.2 Å². The van der Waals surface area contributed by atoms with Crippen LogP contribution in [0.1, 0.15) is 63.3 Å². The second kappa shape index (κ2) is 17.8. The quantitative estimate of drug-likeness (QED) is 0.157. The number of aryl methyl sites for hydroxylation is 1. The van der Waals surface area contributed by atoms with Crippen LogP contribution in [0.15, 0.2) is 60.7 Å². The van der Waals surface area contributed by atoms with Gasteiger partial charge in [-0.3, -0.25) is 9.59 Å². The fraction of sp³-hybridized carbons (Fsp3) is 0.463. The number of anilines is 2. The number of rotatable bonds is 14. The maximum Gasteiger partial charge on any atom is 0.419 e.